The van der Waals surface area contributed by atoms with E-state index in [-0.39, 0.29) is 41.9 Å². The molecule has 0 amide bonds. The zero-order valence-corrected chi connectivity index (χ0v) is 6.73. The largest absolute Gasteiger partial charge is 1.00 e. The fourth-order valence-electron chi connectivity index (χ4n) is 0. The van der Waals surface area contributed by atoms with E-state index in [0.717, 1.165) is 0 Å². The van der Waals surface area contributed by atoms with Crippen molar-refractivity contribution in [1.82, 2.24) is 0 Å². The molecule has 0 saturated heterocycles. The van der Waals surface area contributed by atoms with Gasteiger partial charge in [0, 0.05) is 0 Å². The molecule has 5 heavy (non-hydrogen) atoms. The summed E-state index contributed by atoms with van der Waals surface area (Å²) >= 11 is 2.42. The van der Waals surface area contributed by atoms with Gasteiger partial charge in [-0.05, 0) is 0 Å². The monoisotopic (exact) mass is 102 g/mol. The quantitative estimate of drug-likeness (QED) is 0.278. The van der Waals surface area contributed by atoms with Crippen LogP contribution in [0.15, 0.2) is 0 Å². The van der Waals surface area contributed by atoms with Crippen LogP contribution in [0.1, 0.15) is 1.43 Å². The van der Waals surface area contributed by atoms with Crippen molar-refractivity contribution in [2.75, 3.05) is 0 Å². The molecule has 2 nitrogen and oxygen atoms in total. The Morgan fingerprint density at radius 2 is 1.20 bits per heavy atom. The van der Waals surface area contributed by atoms with Crippen molar-refractivity contribution in [2.45, 2.75) is 5.79 Å². The Bertz CT molecular complexity index is 13.5. The van der Waals surface area contributed by atoms with Crippen LogP contribution in [0.2, 0.25) is 5.79 Å². The average Bonchev–Trinajstić information content (AvgIpc) is 1.00. The summed E-state index contributed by atoms with van der Waals surface area (Å²) in [5, 5.41) is 0. The zero-order chi connectivity index (χ0) is 2.00. The summed E-state index contributed by atoms with van der Waals surface area (Å²) in [6, 6.07) is 0. The van der Waals surface area contributed by atoms with Crippen molar-refractivity contribution < 1.29 is 41.9 Å². The van der Waals surface area contributed by atoms with Crippen LogP contribution >= 0.6 is 0 Å². The fraction of sp³-hybridized carbons (Fsp3) is 1.00. The summed E-state index contributed by atoms with van der Waals surface area (Å²) in [6.45, 7) is 0. The Balaban J connectivity index is -0.000000000833. The molecule has 28 valence electrons. The summed E-state index contributed by atoms with van der Waals surface area (Å²) < 4.78 is 0. The fourth-order valence-corrected chi connectivity index (χ4v) is 0. The molecule has 0 aliphatic carbocycles. The SMILES string of the molecule is O.O.[CH3][Al].[H-].[Na+]. The van der Waals surface area contributed by atoms with Crippen molar-refractivity contribution in [3.05, 3.63) is 0 Å². The maximum Gasteiger partial charge on any atom is 1.00 e. The van der Waals surface area contributed by atoms with E-state index in [2.05, 4.69) is 16.3 Å². The smallest absolute Gasteiger partial charge is 1.00 e. The molecule has 0 bridgehead atoms. The van der Waals surface area contributed by atoms with E-state index in [1.165, 1.54) is 0 Å². The normalized spacial score (nSPS) is 1.00. The topological polar surface area (TPSA) is 63.0 Å². The Kier molecular flexibility index (Phi) is 327. The van der Waals surface area contributed by atoms with Crippen LogP contribution in [-0.2, 0) is 0 Å². The third kappa shape index (κ3) is 30.8. The van der Waals surface area contributed by atoms with Crippen LogP contribution < -0.4 is 29.6 Å². The van der Waals surface area contributed by atoms with Gasteiger partial charge in [-0.3, -0.25) is 0 Å². The first-order chi connectivity index (χ1) is 1.00. The third-order valence-electron chi connectivity index (χ3n) is 0. The molecule has 0 saturated carbocycles. The van der Waals surface area contributed by atoms with Gasteiger partial charge in [0.05, 0.1) is 0 Å². The van der Waals surface area contributed by atoms with Crippen LogP contribution in [0.3, 0.4) is 0 Å². The van der Waals surface area contributed by atoms with E-state index < -0.39 is 0 Å². The first-order valence-electron chi connectivity index (χ1n) is 0.577. The second kappa shape index (κ2) is 51.2. The minimum atomic E-state index is 0. The molecular formula is CH8AlNaO2. The molecule has 0 unspecified atom stereocenters. The predicted octanol–water partition coefficient (Wildman–Crippen LogP) is -4.33. The van der Waals surface area contributed by atoms with Crippen LogP contribution in [0.25, 0.3) is 0 Å². The predicted molar refractivity (Wildman–Crippen MR) is 20.0 cm³/mol. The molecule has 2 radical (unpaired) electrons. The molecule has 0 aromatic rings. The van der Waals surface area contributed by atoms with Gasteiger partial charge in [0.1, 0.15) is 16.3 Å². The third-order valence-corrected chi connectivity index (χ3v) is 0. The minimum absolute atomic E-state index is 0. The molecule has 4 heteroatoms. The van der Waals surface area contributed by atoms with Crippen molar-refractivity contribution in [3.8, 4) is 0 Å². The average molecular weight is 102 g/mol. The van der Waals surface area contributed by atoms with E-state index in [0.29, 0.717) is 0 Å². The van der Waals surface area contributed by atoms with Crippen molar-refractivity contribution >= 4 is 16.3 Å². The minimum Gasteiger partial charge on any atom is -1.00 e. The molecule has 4 N–H and O–H groups in total. The summed E-state index contributed by atoms with van der Waals surface area (Å²) in [4.78, 5) is 0. The Hall–Kier alpha value is 1.45. The van der Waals surface area contributed by atoms with Gasteiger partial charge in [-0.15, -0.1) is 5.79 Å². The van der Waals surface area contributed by atoms with Crippen LogP contribution in [0.4, 0.5) is 0 Å². The van der Waals surface area contributed by atoms with Gasteiger partial charge in [-0.1, -0.05) is 0 Å². The molecule has 0 fully saturated rings. The van der Waals surface area contributed by atoms with Gasteiger partial charge in [0.25, 0.3) is 0 Å². The van der Waals surface area contributed by atoms with Gasteiger partial charge in [-0.2, -0.15) is 0 Å². The Morgan fingerprint density at radius 1 is 1.20 bits per heavy atom. The molecule has 0 spiro atoms. The molecule has 0 atom stereocenters. The second-order valence-corrected chi connectivity index (χ2v) is 0. The van der Waals surface area contributed by atoms with Crippen molar-refractivity contribution in [3.63, 3.8) is 0 Å². The van der Waals surface area contributed by atoms with Gasteiger partial charge < -0.3 is 12.4 Å². The maximum absolute atomic E-state index is 2.42. The second-order valence-electron chi connectivity index (χ2n) is 0. The number of rotatable bonds is 0. The number of hydrogen-bond donors (Lipinski definition) is 0. The van der Waals surface area contributed by atoms with Crippen molar-refractivity contribution in [1.29, 1.82) is 0 Å². The standard InChI is InChI=1S/CH3.Al.Na.2H2O.H/h1H3;;;2*1H2;/q;;+1;;;-1. The Labute approximate surface area is 63.8 Å². The number of hydrogen-bond acceptors (Lipinski definition) is 0. The van der Waals surface area contributed by atoms with E-state index in [4.69, 9.17) is 0 Å². The first kappa shape index (κ1) is 31.9. The summed E-state index contributed by atoms with van der Waals surface area (Å²) in [5.41, 5.74) is 0. The molecule has 0 aliphatic rings. The van der Waals surface area contributed by atoms with E-state index in [1.807, 2.05) is 5.79 Å². The van der Waals surface area contributed by atoms with E-state index in [1.54, 1.807) is 0 Å². The van der Waals surface area contributed by atoms with Gasteiger partial charge in [0.15, 0.2) is 0 Å². The molecule has 0 aromatic carbocycles. The molecule has 0 aromatic heterocycles. The zero-order valence-electron chi connectivity index (χ0n) is 4.58. The van der Waals surface area contributed by atoms with E-state index >= 15 is 0 Å². The summed E-state index contributed by atoms with van der Waals surface area (Å²) in [6.07, 6.45) is 0. The van der Waals surface area contributed by atoms with Gasteiger partial charge >= 0.3 is 29.6 Å². The summed E-state index contributed by atoms with van der Waals surface area (Å²) in [5.74, 6) is 1.92. The Morgan fingerprint density at radius 3 is 1.20 bits per heavy atom. The van der Waals surface area contributed by atoms with Crippen molar-refractivity contribution in [2.24, 2.45) is 0 Å². The summed E-state index contributed by atoms with van der Waals surface area (Å²) in [7, 11) is 0. The van der Waals surface area contributed by atoms with Crippen LogP contribution in [0.5, 0.6) is 0 Å². The first-order valence-corrected chi connectivity index (χ1v) is 1.73. The van der Waals surface area contributed by atoms with Crippen LogP contribution in [0, 0.1) is 0 Å². The van der Waals surface area contributed by atoms with Crippen LogP contribution in [-0.4, -0.2) is 27.2 Å². The van der Waals surface area contributed by atoms with Gasteiger partial charge in [0.2, 0.25) is 0 Å². The molecule has 0 rings (SSSR count). The van der Waals surface area contributed by atoms with Gasteiger partial charge in [-0.25, -0.2) is 0 Å². The maximum atomic E-state index is 2.42. The van der Waals surface area contributed by atoms with E-state index in [9.17, 15) is 0 Å². The molecule has 0 heterocycles. The molecular weight excluding hydrogens is 94.0 g/mol. The molecule has 0 aliphatic heterocycles.